The average Bonchev–Trinajstić information content (AvgIpc) is 2.56. The Morgan fingerprint density at radius 1 is 0.864 bits per heavy atom. The SMILES string of the molecule is Nc1ccc(/C=C/c2ccc(O)c(-c3ccccn3)c2)cc1. The molecule has 3 rings (SSSR count). The minimum absolute atomic E-state index is 0.225. The summed E-state index contributed by atoms with van der Waals surface area (Å²) in [7, 11) is 0. The Balaban J connectivity index is 1.91. The van der Waals surface area contributed by atoms with Crippen LogP contribution in [0, 0.1) is 0 Å². The van der Waals surface area contributed by atoms with Crippen molar-refractivity contribution in [1.82, 2.24) is 4.98 Å². The summed E-state index contributed by atoms with van der Waals surface area (Å²) in [6, 6.07) is 18.8. The summed E-state index contributed by atoms with van der Waals surface area (Å²) in [6.45, 7) is 0. The number of benzene rings is 2. The Hall–Kier alpha value is -3.07. The van der Waals surface area contributed by atoms with Crippen molar-refractivity contribution in [2.24, 2.45) is 0 Å². The standard InChI is InChI=1S/C19H16N2O/c20-16-9-6-14(7-10-16)4-5-15-8-11-19(22)17(13-15)18-3-1-2-12-21-18/h1-13,22H,20H2/b5-4+. The lowest BCUT2D eigenvalue weighted by Gasteiger charge is -2.05. The second-order valence-electron chi connectivity index (χ2n) is 4.99. The zero-order valence-electron chi connectivity index (χ0n) is 12.0. The second kappa shape index (κ2) is 6.14. The summed E-state index contributed by atoms with van der Waals surface area (Å²) in [5, 5.41) is 10.0. The number of hydrogen-bond acceptors (Lipinski definition) is 3. The molecule has 0 saturated heterocycles. The first-order valence-corrected chi connectivity index (χ1v) is 7.00. The maximum Gasteiger partial charge on any atom is 0.125 e. The van der Waals surface area contributed by atoms with E-state index < -0.39 is 0 Å². The highest BCUT2D eigenvalue weighted by Crippen LogP contribution is 2.29. The van der Waals surface area contributed by atoms with E-state index in [2.05, 4.69) is 4.98 Å². The molecule has 3 heteroatoms. The van der Waals surface area contributed by atoms with Crippen LogP contribution in [0.5, 0.6) is 5.75 Å². The minimum atomic E-state index is 0.225. The highest BCUT2D eigenvalue weighted by Gasteiger charge is 2.05. The summed E-state index contributed by atoms with van der Waals surface area (Å²) in [5.74, 6) is 0.225. The van der Waals surface area contributed by atoms with E-state index in [1.807, 2.05) is 66.7 Å². The molecule has 3 aromatic rings. The van der Waals surface area contributed by atoms with Gasteiger partial charge in [-0.1, -0.05) is 36.4 Å². The Morgan fingerprint density at radius 3 is 2.32 bits per heavy atom. The van der Waals surface area contributed by atoms with Crippen LogP contribution < -0.4 is 5.73 Å². The molecule has 108 valence electrons. The number of pyridine rings is 1. The van der Waals surface area contributed by atoms with Gasteiger partial charge in [-0.25, -0.2) is 0 Å². The van der Waals surface area contributed by atoms with Gasteiger partial charge in [-0.05, 0) is 47.5 Å². The van der Waals surface area contributed by atoms with Crippen LogP contribution in [0.2, 0.25) is 0 Å². The molecule has 0 fully saturated rings. The van der Waals surface area contributed by atoms with Gasteiger partial charge in [0.15, 0.2) is 0 Å². The van der Waals surface area contributed by atoms with Gasteiger partial charge in [0.25, 0.3) is 0 Å². The summed E-state index contributed by atoms with van der Waals surface area (Å²) in [6.07, 6.45) is 5.72. The second-order valence-corrected chi connectivity index (χ2v) is 4.99. The molecule has 1 aromatic heterocycles. The number of anilines is 1. The molecule has 0 aliphatic rings. The molecule has 0 amide bonds. The molecule has 3 nitrogen and oxygen atoms in total. The molecular formula is C19H16N2O. The Morgan fingerprint density at radius 2 is 1.59 bits per heavy atom. The van der Waals surface area contributed by atoms with E-state index in [9.17, 15) is 5.11 Å². The molecule has 1 heterocycles. The first-order valence-electron chi connectivity index (χ1n) is 7.00. The molecule has 22 heavy (non-hydrogen) atoms. The molecule has 0 spiro atoms. The fraction of sp³-hybridized carbons (Fsp3) is 0. The Bertz CT molecular complexity index is 793. The Kier molecular flexibility index (Phi) is 3.88. The van der Waals surface area contributed by atoms with Crippen LogP contribution in [0.25, 0.3) is 23.4 Å². The van der Waals surface area contributed by atoms with Gasteiger partial charge in [0.2, 0.25) is 0 Å². The zero-order valence-corrected chi connectivity index (χ0v) is 12.0. The van der Waals surface area contributed by atoms with Gasteiger partial charge in [-0.15, -0.1) is 0 Å². The van der Waals surface area contributed by atoms with Crippen molar-refractivity contribution in [2.45, 2.75) is 0 Å². The lowest BCUT2D eigenvalue weighted by molar-refractivity contribution is 0.477. The number of nitrogen functional groups attached to an aromatic ring is 1. The molecule has 0 saturated carbocycles. The monoisotopic (exact) mass is 288 g/mol. The fourth-order valence-electron chi connectivity index (χ4n) is 2.18. The number of aromatic nitrogens is 1. The highest BCUT2D eigenvalue weighted by molar-refractivity contribution is 5.75. The van der Waals surface area contributed by atoms with Crippen LogP contribution in [0.15, 0.2) is 66.9 Å². The number of phenolic OH excluding ortho intramolecular Hbond substituents is 1. The summed E-state index contributed by atoms with van der Waals surface area (Å²) < 4.78 is 0. The molecule has 0 radical (unpaired) electrons. The third-order valence-corrected chi connectivity index (χ3v) is 3.37. The lowest BCUT2D eigenvalue weighted by Crippen LogP contribution is -1.84. The minimum Gasteiger partial charge on any atom is -0.507 e. The third kappa shape index (κ3) is 3.15. The van der Waals surface area contributed by atoms with Crippen molar-refractivity contribution in [3.63, 3.8) is 0 Å². The highest BCUT2D eigenvalue weighted by atomic mass is 16.3. The van der Waals surface area contributed by atoms with E-state index in [4.69, 9.17) is 5.73 Å². The quantitative estimate of drug-likeness (QED) is 0.560. The van der Waals surface area contributed by atoms with Crippen molar-refractivity contribution >= 4 is 17.8 Å². The van der Waals surface area contributed by atoms with E-state index in [0.717, 1.165) is 28.1 Å². The lowest BCUT2D eigenvalue weighted by atomic mass is 10.0. The van der Waals surface area contributed by atoms with Gasteiger partial charge in [-0.3, -0.25) is 4.98 Å². The summed E-state index contributed by atoms with van der Waals surface area (Å²) in [4.78, 5) is 4.28. The Labute approximate surface area is 129 Å². The van der Waals surface area contributed by atoms with Gasteiger partial charge < -0.3 is 10.8 Å². The number of phenols is 1. The first kappa shape index (κ1) is 13.9. The molecular weight excluding hydrogens is 272 g/mol. The van der Waals surface area contributed by atoms with E-state index in [1.54, 1.807) is 12.3 Å². The largest absolute Gasteiger partial charge is 0.507 e. The third-order valence-electron chi connectivity index (χ3n) is 3.37. The van der Waals surface area contributed by atoms with E-state index in [1.165, 1.54) is 0 Å². The number of nitrogens with two attached hydrogens (primary N) is 1. The topological polar surface area (TPSA) is 59.1 Å². The van der Waals surface area contributed by atoms with Crippen molar-refractivity contribution < 1.29 is 5.11 Å². The maximum atomic E-state index is 10.0. The van der Waals surface area contributed by atoms with Crippen LogP contribution in [0.1, 0.15) is 11.1 Å². The van der Waals surface area contributed by atoms with Crippen molar-refractivity contribution in [3.05, 3.63) is 78.0 Å². The molecule has 0 bridgehead atoms. The maximum absolute atomic E-state index is 10.0. The summed E-state index contributed by atoms with van der Waals surface area (Å²) in [5.41, 5.74) is 9.97. The van der Waals surface area contributed by atoms with Crippen LogP contribution in [0.3, 0.4) is 0 Å². The van der Waals surface area contributed by atoms with Gasteiger partial charge in [0, 0.05) is 17.4 Å². The number of hydrogen-bond donors (Lipinski definition) is 2. The molecule has 3 N–H and O–H groups in total. The fourth-order valence-corrected chi connectivity index (χ4v) is 2.18. The van der Waals surface area contributed by atoms with Gasteiger partial charge in [0.05, 0.1) is 5.69 Å². The van der Waals surface area contributed by atoms with Crippen LogP contribution in [-0.2, 0) is 0 Å². The molecule has 0 aliphatic carbocycles. The normalized spacial score (nSPS) is 10.9. The molecule has 0 unspecified atom stereocenters. The van der Waals surface area contributed by atoms with E-state index in [-0.39, 0.29) is 5.75 Å². The van der Waals surface area contributed by atoms with Crippen molar-refractivity contribution in [3.8, 4) is 17.0 Å². The predicted octanol–water partition coefficient (Wildman–Crippen LogP) is 4.21. The number of nitrogens with zero attached hydrogens (tertiary/aromatic N) is 1. The van der Waals surface area contributed by atoms with Crippen LogP contribution in [-0.4, -0.2) is 10.1 Å². The number of rotatable bonds is 3. The van der Waals surface area contributed by atoms with Crippen LogP contribution >= 0.6 is 0 Å². The molecule has 2 aromatic carbocycles. The summed E-state index contributed by atoms with van der Waals surface area (Å²) >= 11 is 0. The predicted molar refractivity (Wildman–Crippen MR) is 91.1 cm³/mol. The average molecular weight is 288 g/mol. The van der Waals surface area contributed by atoms with Gasteiger partial charge in [0.1, 0.15) is 5.75 Å². The van der Waals surface area contributed by atoms with E-state index >= 15 is 0 Å². The van der Waals surface area contributed by atoms with E-state index in [0.29, 0.717) is 0 Å². The van der Waals surface area contributed by atoms with Gasteiger partial charge >= 0.3 is 0 Å². The van der Waals surface area contributed by atoms with Crippen LogP contribution in [0.4, 0.5) is 5.69 Å². The van der Waals surface area contributed by atoms with Crippen molar-refractivity contribution in [1.29, 1.82) is 0 Å². The molecule has 0 atom stereocenters. The molecule has 0 aliphatic heterocycles. The van der Waals surface area contributed by atoms with Gasteiger partial charge in [-0.2, -0.15) is 0 Å². The number of aromatic hydroxyl groups is 1. The van der Waals surface area contributed by atoms with Crippen molar-refractivity contribution in [2.75, 3.05) is 5.73 Å². The first-order chi connectivity index (χ1) is 10.7. The zero-order chi connectivity index (χ0) is 15.4. The smallest absolute Gasteiger partial charge is 0.125 e.